The van der Waals surface area contributed by atoms with E-state index in [1.54, 1.807) is 6.07 Å². The summed E-state index contributed by atoms with van der Waals surface area (Å²) < 4.78 is 4.92. The van der Waals surface area contributed by atoms with E-state index in [1.807, 2.05) is 0 Å². The van der Waals surface area contributed by atoms with Crippen LogP contribution in [0.1, 0.15) is 27.6 Å². The normalized spacial score (nSPS) is 11.9. The molecule has 0 fully saturated rings. The van der Waals surface area contributed by atoms with E-state index < -0.39 is 12.1 Å². The maximum atomic E-state index is 11.2. The predicted octanol–water partition coefficient (Wildman–Crippen LogP) is 2.08. The zero-order valence-corrected chi connectivity index (χ0v) is 11.9. The van der Waals surface area contributed by atoms with Gasteiger partial charge in [-0.3, -0.25) is 0 Å². The number of aliphatic hydroxyl groups is 1. The van der Waals surface area contributed by atoms with Gasteiger partial charge in [0.2, 0.25) is 0 Å². The topological polar surface area (TPSA) is 107 Å². The number of aliphatic hydroxyl groups excluding tert-OH is 1. The third-order valence-corrected chi connectivity index (χ3v) is 3.34. The van der Waals surface area contributed by atoms with Crippen molar-refractivity contribution in [1.29, 1.82) is 0 Å². The number of hydrogen-bond acceptors (Lipinski definition) is 5. The van der Waals surface area contributed by atoms with Crippen LogP contribution in [0.25, 0.3) is 0 Å². The molecule has 1 unspecified atom stereocenters. The van der Waals surface area contributed by atoms with Crippen LogP contribution in [0.15, 0.2) is 36.4 Å². The average Bonchev–Trinajstić information content (AvgIpc) is 2.46. The molecular formula is C16H16O6. The number of aromatic hydroxyl groups is 2. The molecule has 0 amide bonds. The number of benzene rings is 2. The Hall–Kier alpha value is -2.73. The number of phenols is 2. The van der Waals surface area contributed by atoms with E-state index in [1.165, 1.54) is 37.4 Å². The van der Waals surface area contributed by atoms with Gasteiger partial charge in [-0.2, -0.15) is 0 Å². The van der Waals surface area contributed by atoms with E-state index in [0.717, 1.165) is 0 Å². The fourth-order valence-electron chi connectivity index (χ4n) is 2.24. The van der Waals surface area contributed by atoms with Gasteiger partial charge < -0.3 is 25.2 Å². The van der Waals surface area contributed by atoms with Crippen molar-refractivity contribution in [3.8, 4) is 17.2 Å². The second-order valence-corrected chi connectivity index (χ2v) is 4.77. The molecule has 2 aromatic carbocycles. The summed E-state index contributed by atoms with van der Waals surface area (Å²) in [6, 6.07) is 8.75. The van der Waals surface area contributed by atoms with Crippen molar-refractivity contribution in [3.05, 3.63) is 53.1 Å². The molecule has 0 bridgehead atoms. The van der Waals surface area contributed by atoms with Crippen LogP contribution < -0.4 is 4.74 Å². The lowest BCUT2D eigenvalue weighted by Crippen LogP contribution is -2.08. The second kappa shape index (κ2) is 6.36. The van der Waals surface area contributed by atoms with Crippen LogP contribution in [0.5, 0.6) is 17.2 Å². The van der Waals surface area contributed by atoms with Gasteiger partial charge >= 0.3 is 5.97 Å². The number of carboxylic acids is 1. The molecule has 0 saturated carbocycles. The van der Waals surface area contributed by atoms with Gasteiger partial charge in [-0.1, -0.05) is 18.2 Å². The zero-order chi connectivity index (χ0) is 16.3. The Morgan fingerprint density at radius 2 is 1.91 bits per heavy atom. The van der Waals surface area contributed by atoms with E-state index in [0.29, 0.717) is 11.1 Å². The summed E-state index contributed by atoms with van der Waals surface area (Å²) in [6.45, 7) is 0. The smallest absolute Gasteiger partial charge is 0.339 e. The van der Waals surface area contributed by atoms with Gasteiger partial charge in [-0.25, -0.2) is 4.79 Å². The van der Waals surface area contributed by atoms with Gasteiger partial charge in [-0.05, 0) is 29.3 Å². The first-order valence-electron chi connectivity index (χ1n) is 6.53. The van der Waals surface area contributed by atoms with Crippen LogP contribution in [0.2, 0.25) is 0 Å². The lowest BCUT2D eigenvalue weighted by atomic mass is 9.96. The number of aromatic carboxylic acids is 1. The summed E-state index contributed by atoms with van der Waals surface area (Å²) in [5.74, 6) is -1.46. The van der Waals surface area contributed by atoms with Crippen LogP contribution in [-0.2, 0) is 6.42 Å². The highest BCUT2D eigenvalue weighted by atomic mass is 16.5. The molecule has 0 radical (unpaired) electrons. The molecule has 0 spiro atoms. The largest absolute Gasteiger partial charge is 0.507 e. The summed E-state index contributed by atoms with van der Waals surface area (Å²) in [7, 11) is 1.41. The van der Waals surface area contributed by atoms with E-state index in [-0.39, 0.29) is 29.2 Å². The molecule has 0 saturated heterocycles. The number of hydrogen-bond donors (Lipinski definition) is 4. The first-order chi connectivity index (χ1) is 10.4. The third-order valence-electron chi connectivity index (χ3n) is 3.34. The molecule has 116 valence electrons. The Bertz CT molecular complexity index is 695. The highest BCUT2D eigenvalue weighted by molar-refractivity contribution is 5.92. The molecule has 0 heterocycles. The molecule has 2 aromatic rings. The van der Waals surface area contributed by atoms with Crippen LogP contribution >= 0.6 is 0 Å². The van der Waals surface area contributed by atoms with Crippen molar-refractivity contribution in [3.63, 3.8) is 0 Å². The minimum atomic E-state index is -1.27. The van der Waals surface area contributed by atoms with Gasteiger partial charge in [0.15, 0.2) is 11.5 Å². The quantitative estimate of drug-likeness (QED) is 0.673. The van der Waals surface area contributed by atoms with Gasteiger partial charge in [-0.15, -0.1) is 0 Å². The number of ether oxygens (including phenoxy) is 1. The highest BCUT2D eigenvalue weighted by Gasteiger charge is 2.19. The van der Waals surface area contributed by atoms with E-state index in [9.17, 15) is 20.1 Å². The van der Waals surface area contributed by atoms with Crippen molar-refractivity contribution in [2.75, 3.05) is 7.11 Å². The third kappa shape index (κ3) is 3.12. The molecule has 0 aliphatic carbocycles. The van der Waals surface area contributed by atoms with Gasteiger partial charge in [0.25, 0.3) is 0 Å². The molecule has 2 rings (SSSR count). The number of phenolic OH excluding ortho intramolecular Hbond substituents is 1. The maximum absolute atomic E-state index is 11.2. The summed E-state index contributed by atoms with van der Waals surface area (Å²) in [6.07, 6.45) is -1.04. The summed E-state index contributed by atoms with van der Waals surface area (Å²) in [4.78, 5) is 11.2. The molecule has 1 atom stereocenters. The summed E-state index contributed by atoms with van der Waals surface area (Å²) >= 11 is 0. The Morgan fingerprint density at radius 1 is 1.18 bits per heavy atom. The van der Waals surface area contributed by atoms with Crippen LogP contribution in [0, 0.1) is 0 Å². The molecule has 0 aliphatic rings. The van der Waals surface area contributed by atoms with Crippen LogP contribution in [0.3, 0.4) is 0 Å². The van der Waals surface area contributed by atoms with Crippen molar-refractivity contribution in [2.45, 2.75) is 12.5 Å². The number of rotatable bonds is 5. The number of carbonyl (C=O) groups is 1. The molecule has 0 aliphatic heterocycles. The second-order valence-electron chi connectivity index (χ2n) is 4.77. The van der Waals surface area contributed by atoms with Crippen LogP contribution in [0.4, 0.5) is 0 Å². The molecule has 22 heavy (non-hydrogen) atoms. The fourth-order valence-corrected chi connectivity index (χ4v) is 2.24. The van der Waals surface area contributed by atoms with E-state index in [2.05, 4.69) is 0 Å². The molecular weight excluding hydrogens is 288 g/mol. The minimum absolute atomic E-state index is 0.0121. The average molecular weight is 304 g/mol. The summed E-state index contributed by atoms with van der Waals surface area (Å²) in [5.41, 5.74) is 0.479. The summed E-state index contributed by atoms with van der Waals surface area (Å²) in [5, 5.41) is 38.7. The lowest BCUT2D eigenvalue weighted by Gasteiger charge is -2.14. The molecule has 6 heteroatoms. The first kappa shape index (κ1) is 15.7. The van der Waals surface area contributed by atoms with Crippen molar-refractivity contribution >= 4 is 5.97 Å². The van der Waals surface area contributed by atoms with E-state index >= 15 is 0 Å². The lowest BCUT2D eigenvalue weighted by molar-refractivity contribution is 0.0691. The number of methoxy groups -OCH3 is 1. The highest BCUT2D eigenvalue weighted by Crippen LogP contribution is 2.31. The van der Waals surface area contributed by atoms with Crippen LogP contribution in [-0.4, -0.2) is 33.5 Å². The Balaban J connectivity index is 2.29. The first-order valence-corrected chi connectivity index (χ1v) is 6.53. The van der Waals surface area contributed by atoms with Crippen molar-refractivity contribution < 1.29 is 30.0 Å². The maximum Gasteiger partial charge on any atom is 0.339 e. The monoisotopic (exact) mass is 304 g/mol. The van der Waals surface area contributed by atoms with Gasteiger partial charge in [0.05, 0.1) is 13.2 Å². The molecule has 0 aromatic heterocycles. The molecule has 6 nitrogen and oxygen atoms in total. The molecule has 4 N–H and O–H groups in total. The van der Waals surface area contributed by atoms with Gasteiger partial charge in [0.1, 0.15) is 11.3 Å². The van der Waals surface area contributed by atoms with Crippen molar-refractivity contribution in [2.24, 2.45) is 0 Å². The standard InChI is InChI=1S/C16H16O6/c1-22-14-6-5-9(7-13(14)19)12(18)8-10-3-2-4-11(17)15(10)16(20)21/h2-7,12,17-19H,8H2,1H3,(H,20,21). The van der Waals surface area contributed by atoms with E-state index in [4.69, 9.17) is 9.84 Å². The Labute approximate surface area is 126 Å². The fraction of sp³-hybridized carbons (Fsp3) is 0.188. The number of carboxylic acid groups (broad SMARTS) is 1. The van der Waals surface area contributed by atoms with Crippen molar-refractivity contribution in [1.82, 2.24) is 0 Å². The predicted molar refractivity (Wildman–Crippen MR) is 78.4 cm³/mol. The zero-order valence-electron chi connectivity index (χ0n) is 11.9. The minimum Gasteiger partial charge on any atom is -0.507 e. The van der Waals surface area contributed by atoms with Gasteiger partial charge in [0, 0.05) is 6.42 Å². The Morgan fingerprint density at radius 3 is 2.50 bits per heavy atom. The Kier molecular flexibility index (Phi) is 4.53. The SMILES string of the molecule is COc1ccc(C(O)Cc2cccc(O)c2C(=O)O)cc1O.